The number of carboxylic acids is 2. The average Bonchev–Trinajstić information content (AvgIpc) is 1.76. The maximum atomic E-state index is 15.1. The number of hydrogen-bond acceptors (Lipinski definition) is 19. The standard InChI is InChI=1S/C74H99N21O16S/c1-41(2)62(95-63(102)49(75)30-44-22-24-47(96)25-23-44)72(111)90-53(26-29-112-3)64(103)84-38-59(97)87-57(34-46-37-80-40-86-46)70(109)92-55(32-43-16-8-5-9-17-43)68(107)88-52(21-13-28-82-74(78)79)67(106)93-56(33-45-36-83-50-19-11-10-18-48(45)50)69(108)94-58(35-60(98)99)71(110)89-51(20-12-27-81-73(76)77)66(105)91-54(65(104)85-39-61(100)101)31-42-14-6-4-7-15-42/h4-11,14-19,22-25,36-37,40-41,49,51-58,62,83,96H,12-13,20-21,26-35,38-39,75H2,1-3H3,(H,80,86)(H,84,103)(H,85,104)(H,87,97)(H,88,107)(H,89,110)(H,90,111)(H,91,105)(H,92,109)(H,93,106)(H,94,108)(H,95,102)(H,98,99)(H,100,101)(H4,76,77,81)(H4,78,79,82)/t49-,51-,52-,53-,54-,55-,56-,57+,58-,62-/m0/s1. The third kappa shape index (κ3) is 30.4. The molecule has 0 bridgehead atoms. The number of aromatic nitrogens is 3. The van der Waals surface area contributed by atoms with E-state index in [9.17, 15) is 63.3 Å². The Balaban J connectivity index is 1.25. The van der Waals surface area contributed by atoms with E-state index < -0.39 is 175 Å². The summed E-state index contributed by atoms with van der Waals surface area (Å²) in [4.78, 5) is 192. The van der Waals surface area contributed by atoms with Crippen molar-refractivity contribution >= 4 is 112 Å². The van der Waals surface area contributed by atoms with Crippen molar-refractivity contribution in [3.8, 4) is 5.75 Å². The highest BCUT2D eigenvalue weighted by molar-refractivity contribution is 7.98. The normalized spacial score (nSPS) is 13.7. The molecule has 10 atom stereocenters. The lowest BCUT2D eigenvalue weighted by molar-refractivity contribution is -0.141. The summed E-state index contributed by atoms with van der Waals surface area (Å²) in [6.45, 7) is 1.78. The van der Waals surface area contributed by atoms with Crippen LogP contribution in [0, 0.1) is 16.7 Å². The van der Waals surface area contributed by atoms with Gasteiger partial charge in [-0.15, -0.1) is 0 Å². The first-order valence-corrected chi connectivity index (χ1v) is 37.4. The number of nitrogens with zero attached hydrogens (tertiary/aromatic N) is 1. The zero-order valence-electron chi connectivity index (χ0n) is 62.0. The number of guanidine groups is 2. The Morgan fingerprint density at radius 1 is 0.473 bits per heavy atom. The molecule has 2 heterocycles. The van der Waals surface area contributed by atoms with Crippen LogP contribution >= 0.6 is 11.8 Å². The molecule has 0 aliphatic carbocycles. The number of nitrogens with two attached hydrogens (primary N) is 3. The molecule has 2 aromatic heterocycles. The van der Waals surface area contributed by atoms with Crippen LogP contribution in [0.3, 0.4) is 0 Å². The van der Waals surface area contributed by atoms with E-state index in [2.05, 4.69) is 84.1 Å². The minimum absolute atomic E-state index is 0.0122. The Morgan fingerprint density at radius 2 is 0.929 bits per heavy atom. The number of thioether (sulfide) groups is 1. The lowest BCUT2D eigenvalue weighted by Crippen LogP contribution is -2.61. The smallest absolute Gasteiger partial charge is 0.322 e. The highest BCUT2D eigenvalue weighted by Crippen LogP contribution is 2.21. The Hall–Kier alpha value is -12.6. The van der Waals surface area contributed by atoms with E-state index in [4.69, 9.17) is 28.0 Å². The van der Waals surface area contributed by atoms with Crippen LogP contribution in [0.2, 0.25) is 0 Å². The van der Waals surface area contributed by atoms with E-state index in [1.807, 2.05) is 0 Å². The van der Waals surface area contributed by atoms with Crippen LogP contribution in [0.25, 0.3) is 10.9 Å². The lowest BCUT2D eigenvalue weighted by atomic mass is 10.0. The molecular formula is C74H99N21O16S. The maximum Gasteiger partial charge on any atom is 0.322 e. The van der Waals surface area contributed by atoms with E-state index in [0.29, 0.717) is 38.9 Å². The van der Waals surface area contributed by atoms with Gasteiger partial charge in [0, 0.05) is 62.1 Å². The zero-order valence-corrected chi connectivity index (χ0v) is 62.8. The molecule has 0 aliphatic heterocycles. The van der Waals surface area contributed by atoms with E-state index in [0.717, 1.165) is 0 Å². The molecule has 602 valence electrons. The van der Waals surface area contributed by atoms with Crippen LogP contribution in [0.4, 0.5) is 0 Å². The fourth-order valence-electron chi connectivity index (χ4n) is 11.6. The van der Waals surface area contributed by atoms with Gasteiger partial charge in [0.15, 0.2) is 11.9 Å². The Kier molecular flexibility index (Phi) is 35.8. The van der Waals surface area contributed by atoms with Crippen molar-refractivity contribution in [3.63, 3.8) is 0 Å². The summed E-state index contributed by atoms with van der Waals surface area (Å²) in [5, 5.41) is 78.7. The van der Waals surface area contributed by atoms with Gasteiger partial charge in [0.25, 0.3) is 0 Å². The monoisotopic (exact) mass is 1570 g/mol. The second kappa shape index (κ2) is 45.4. The van der Waals surface area contributed by atoms with E-state index in [-0.39, 0.29) is 88.7 Å². The Bertz CT molecular complexity index is 4190. The highest BCUT2D eigenvalue weighted by Gasteiger charge is 2.37. The summed E-state index contributed by atoms with van der Waals surface area (Å²) in [6, 6.07) is 14.8. The van der Waals surface area contributed by atoms with Crippen LogP contribution in [0.5, 0.6) is 5.75 Å². The van der Waals surface area contributed by atoms with Gasteiger partial charge in [-0.1, -0.05) is 105 Å². The number of rotatable bonds is 47. The number of hydrogen-bond donors (Lipinski definition) is 23. The molecule has 0 saturated carbocycles. The average molecular weight is 1570 g/mol. The number of aliphatic carboxylic acids is 2. The quantitative estimate of drug-likeness (QED) is 0.0107. The van der Waals surface area contributed by atoms with Crippen molar-refractivity contribution in [2.75, 3.05) is 38.2 Å². The Morgan fingerprint density at radius 3 is 1.45 bits per heavy atom. The molecule has 0 spiro atoms. The number of H-pyrrole nitrogens is 2. The second-order valence-electron chi connectivity index (χ2n) is 26.6. The molecule has 6 rings (SSSR count). The SMILES string of the molecule is CSCC[C@H](NC(=O)[C@@H](NC(=O)[C@@H](N)Cc1ccc(O)cc1)C(C)C)C(=O)NCC(=O)N[C@H](Cc1c[nH]cn1)C(=O)N[C@@H](Cc1ccccc1)C(=O)N[C@@H](CCCNC(=N)N)C(=O)N[C@@H](Cc1c[nH]c2ccccc12)C(=O)N[C@@H](CC(=O)O)C(=O)N[C@@H](CCCNC(=N)N)C(=O)N[C@@H](Cc1ccccc1)C(=O)NCC(=O)O. The van der Waals surface area contributed by atoms with Crippen LogP contribution in [0.1, 0.15) is 80.3 Å². The van der Waals surface area contributed by atoms with Gasteiger partial charge >= 0.3 is 11.9 Å². The predicted octanol–water partition coefficient (Wildman–Crippen LogP) is -2.47. The van der Waals surface area contributed by atoms with Gasteiger partial charge < -0.3 is 112 Å². The molecule has 38 heteroatoms. The number of amides is 11. The molecule has 0 radical (unpaired) electrons. The first-order valence-electron chi connectivity index (χ1n) is 36.0. The predicted molar refractivity (Wildman–Crippen MR) is 414 cm³/mol. The van der Waals surface area contributed by atoms with Crippen molar-refractivity contribution < 1.29 is 77.6 Å². The summed E-state index contributed by atoms with van der Waals surface area (Å²) < 4.78 is 0. The fourth-order valence-corrected chi connectivity index (χ4v) is 12.1. The Labute approximate surface area is 649 Å². The molecule has 4 aromatic carbocycles. The number of aromatic hydroxyl groups is 1. The molecule has 0 unspecified atom stereocenters. The van der Waals surface area contributed by atoms with E-state index >= 15 is 14.4 Å². The number of phenolic OH excluding ortho intramolecular Hbond substituents is 1. The third-order valence-corrected chi connectivity index (χ3v) is 18.1. The van der Waals surface area contributed by atoms with Crippen LogP contribution in [-0.4, -0.2) is 218 Å². The lowest BCUT2D eigenvalue weighted by Gasteiger charge is -2.28. The molecule has 37 nitrogen and oxygen atoms in total. The van der Waals surface area contributed by atoms with Crippen molar-refractivity contribution in [3.05, 3.63) is 156 Å². The van der Waals surface area contributed by atoms with E-state index in [1.54, 1.807) is 123 Å². The van der Waals surface area contributed by atoms with Gasteiger partial charge in [-0.05, 0) is 96.9 Å². The van der Waals surface area contributed by atoms with Crippen molar-refractivity contribution in [2.45, 2.75) is 145 Å². The van der Waals surface area contributed by atoms with Gasteiger partial charge in [-0.2, -0.15) is 11.8 Å². The van der Waals surface area contributed by atoms with Crippen molar-refractivity contribution in [2.24, 2.45) is 23.1 Å². The zero-order chi connectivity index (χ0) is 81.8. The number of fused-ring (bicyclic) bond motifs is 1. The van der Waals surface area contributed by atoms with Gasteiger partial charge in [0.1, 0.15) is 66.7 Å². The molecular weight excluding hydrogens is 1470 g/mol. The molecule has 0 fully saturated rings. The van der Waals surface area contributed by atoms with Gasteiger partial charge in [-0.3, -0.25) is 73.1 Å². The van der Waals surface area contributed by atoms with Crippen LogP contribution in [0.15, 0.2) is 128 Å². The largest absolute Gasteiger partial charge is 0.508 e. The van der Waals surface area contributed by atoms with Crippen LogP contribution < -0.4 is 86.3 Å². The van der Waals surface area contributed by atoms with Crippen molar-refractivity contribution in [1.82, 2.24) is 84.1 Å². The molecule has 6 aromatic rings. The number of carbonyl (C=O) groups is 13. The van der Waals surface area contributed by atoms with Crippen molar-refractivity contribution in [1.29, 1.82) is 10.8 Å². The third-order valence-electron chi connectivity index (χ3n) is 17.5. The van der Waals surface area contributed by atoms with Gasteiger partial charge in [0.2, 0.25) is 65.0 Å². The van der Waals surface area contributed by atoms with Crippen LogP contribution in [-0.2, 0) is 94.4 Å². The molecule has 112 heavy (non-hydrogen) atoms. The summed E-state index contributed by atoms with van der Waals surface area (Å²) in [5.41, 5.74) is 20.3. The number of phenols is 1. The summed E-state index contributed by atoms with van der Waals surface area (Å²) in [5.74, 6) is -14.2. The summed E-state index contributed by atoms with van der Waals surface area (Å²) in [7, 11) is 0. The molecule has 11 amide bonds. The number of imidazole rings is 1. The summed E-state index contributed by atoms with van der Waals surface area (Å²) in [6.07, 6.45) is 3.70. The second-order valence-corrected chi connectivity index (χ2v) is 27.6. The minimum atomic E-state index is -2.00. The molecule has 0 saturated heterocycles. The number of carboxylic acid groups (broad SMARTS) is 2. The number of benzene rings is 4. The first kappa shape index (κ1) is 88.3. The highest BCUT2D eigenvalue weighted by atomic mass is 32.2. The molecule has 0 aliphatic rings. The first-order chi connectivity index (χ1) is 53.5. The fraction of sp³-hybridized carbons (Fsp3) is 0.405. The van der Waals surface area contributed by atoms with E-state index in [1.165, 1.54) is 36.4 Å². The van der Waals surface area contributed by atoms with Gasteiger partial charge in [-0.25, -0.2) is 4.98 Å². The number of nitrogens with one attached hydrogen (secondary N) is 17. The number of aromatic amines is 2. The topological polar surface area (TPSA) is 609 Å². The van der Waals surface area contributed by atoms with Gasteiger partial charge in [0.05, 0.1) is 31.0 Å². The molecule has 26 N–H and O–H groups in total. The number of para-hydroxylation sites is 1. The number of carbonyl (C=O) groups excluding carboxylic acids is 11. The minimum Gasteiger partial charge on any atom is -0.508 e. The summed E-state index contributed by atoms with van der Waals surface area (Å²) >= 11 is 1.37. The maximum absolute atomic E-state index is 15.1.